The van der Waals surface area contributed by atoms with Crippen LogP contribution in [0, 0.1) is 0 Å². The van der Waals surface area contributed by atoms with Crippen LogP contribution in [-0.2, 0) is 24.2 Å². The van der Waals surface area contributed by atoms with Gasteiger partial charge in [0.25, 0.3) is 0 Å². The average Bonchev–Trinajstić information content (AvgIpc) is 2.54. The third-order valence-electron chi connectivity index (χ3n) is 4.61. The Kier molecular flexibility index (Phi) is 2.84. The molecule has 0 saturated carbocycles. The predicted molar refractivity (Wildman–Crippen MR) is 81.5 cm³/mol. The lowest BCUT2D eigenvalue weighted by atomic mass is 9.78. The predicted octanol–water partition coefficient (Wildman–Crippen LogP) is 4.46. The van der Waals surface area contributed by atoms with Gasteiger partial charge in [0.05, 0.1) is 6.26 Å². The fraction of sp³-hybridized carbons (Fsp3) is 0.263. The van der Waals surface area contributed by atoms with Gasteiger partial charge in [-0.2, -0.15) is 0 Å². The summed E-state index contributed by atoms with van der Waals surface area (Å²) in [7, 11) is 0. The number of ether oxygens (including phenoxy) is 1. The molecule has 0 N–H and O–H groups in total. The highest BCUT2D eigenvalue weighted by Crippen LogP contribution is 2.36. The summed E-state index contributed by atoms with van der Waals surface area (Å²) in [6.07, 6.45) is 7.50. The fourth-order valence-electron chi connectivity index (χ4n) is 3.54. The molecule has 0 saturated heterocycles. The Balaban J connectivity index is 1.72. The van der Waals surface area contributed by atoms with Crippen LogP contribution in [0.15, 0.2) is 48.7 Å². The van der Waals surface area contributed by atoms with E-state index in [4.69, 9.17) is 4.74 Å². The molecule has 1 atom stereocenters. The molecule has 100 valence electrons. The molecule has 4 rings (SSSR count). The minimum absolute atomic E-state index is 0.634. The smallest absolute Gasteiger partial charge is 0.113 e. The van der Waals surface area contributed by atoms with E-state index < -0.39 is 0 Å². The molecular weight excluding hydrogens is 244 g/mol. The molecule has 1 heteroatoms. The van der Waals surface area contributed by atoms with Crippen LogP contribution in [0.25, 0.3) is 6.08 Å². The van der Waals surface area contributed by atoms with Crippen molar-refractivity contribution in [3.63, 3.8) is 0 Å². The largest absolute Gasteiger partial charge is 0.496 e. The third kappa shape index (κ3) is 1.94. The lowest BCUT2D eigenvalue weighted by Crippen LogP contribution is -2.15. The Labute approximate surface area is 119 Å². The first-order valence-corrected chi connectivity index (χ1v) is 7.38. The molecule has 1 aliphatic carbocycles. The van der Waals surface area contributed by atoms with Crippen LogP contribution in [0.1, 0.15) is 40.2 Å². The molecule has 2 aromatic rings. The van der Waals surface area contributed by atoms with Crippen LogP contribution in [0.3, 0.4) is 0 Å². The van der Waals surface area contributed by atoms with Crippen LogP contribution in [0.5, 0.6) is 0 Å². The maximum Gasteiger partial charge on any atom is 0.113 e. The van der Waals surface area contributed by atoms with Gasteiger partial charge in [-0.25, -0.2) is 0 Å². The van der Waals surface area contributed by atoms with Crippen molar-refractivity contribution >= 4 is 6.08 Å². The molecule has 0 fully saturated rings. The quantitative estimate of drug-likeness (QED) is 0.737. The standard InChI is InChI=1S/C19H18O/c1-2-5-16-12-17(9-8-14(16)4-1)18-7-3-6-15-10-11-20-13-19(15)18/h1-7,10-11,17H,8-9,12-13H2. The Morgan fingerprint density at radius 1 is 0.950 bits per heavy atom. The molecule has 0 bridgehead atoms. The first-order chi connectivity index (χ1) is 9.92. The Morgan fingerprint density at radius 2 is 1.85 bits per heavy atom. The maximum absolute atomic E-state index is 5.52. The number of fused-ring (bicyclic) bond motifs is 2. The summed E-state index contributed by atoms with van der Waals surface area (Å²) in [5.41, 5.74) is 7.26. The van der Waals surface area contributed by atoms with Crippen molar-refractivity contribution in [3.05, 3.63) is 76.5 Å². The molecule has 0 radical (unpaired) electrons. The highest BCUT2D eigenvalue weighted by atomic mass is 16.5. The molecule has 0 amide bonds. The van der Waals surface area contributed by atoms with E-state index in [1.54, 1.807) is 0 Å². The van der Waals surface area contributed by atoms with Crippen molar-refractivity contribution in [3.8, 4) is 0 Å². The molecule has 2 aromatic carbocycles. The van der Waals surface area contributed by atoms with Crippen LogP contribution in [-0.4, -0.2) is 0 Å². The highest BCUT2D eigenvalue weighted by molar-refractivity contribution is 5.57. The summed E-state index contributed by atoms with van der Waals surface area (Å²) >= 11 is 0. The van der Waals surface area contributed by atoms with Gasteiger partial charge >= 0.3 is 0 Å². The van der Waals surface area contributed by atoms with Gasteiger partial charge < -0.3 is 4.74 Å². The molecule has 1 aliphatic heterocycles. The second-order valence-corrected chi connectivity index (χ2v) is 5.74. The Bertz CT molecular complexity index is 669. The van der Waals surface area contributed by atoms with E-state index in [0.29, 0.717) is 5.92 Å². The van der Waals surface area contributed by atoms with Crippen LogP contribution in [0.4, 0.5) is 0 Å². The Morgan fingerprint density at radius 3 is 2.80 bits per heavy atom. The van der Waals surface area contributed by atoms with Crippen molar-refractivity contribution in [2.24, 2.45) is 0 Å². The van der Waals surface area contributed by atoms with Crippen molar-refractivity contribution in [2.45, 2.75) is 31.8 Å². The summed E-state index contributed by atoms with van der Waals surface area (Å²) in [5, 5.41) is 0. The number of hydrogen-bond donors (Lipinski definition) is 0. The SMILES string of the molecule is C1=Cc2cccc(C3CCc4ccccc4C3)c2CO1. The second kappa shape index (κ2) is 4.82. The molecule has 1 nitrogen and oxygen atoms in total. The maximum atomic E-state index is 5.52. The van der Waals surface area contributed by atoms with Crippen LogP contribution < -0.4 is 0 Å². The van der Waals surface area contributed by atoms with E-state index in [1.165, 1.54) is 40.7 Å². The topological polar surface area (TPSA) is 9.23 Å². The molecule has 0 spiro atoms. The van der Waals surface area contributed by atoms with Gasteiger partial charge in [-0.1, -0.05) is 42.5 Å². The lowest BCUT2D eigenvalue weighted by Gasteiger charge is -2.28. The number of aryl methyl sites for hydroxylation is 1. The highest BCUT2D eigenvalue weighted by Gasteiger charge is 2.23. The van der Waals surface area contributed by atoms with Crippen molar-refractivity contribution in [1.29, 1.82) is 0 Å². The lowest BCUT2D eigenvalue weighted by molar-refractivity contribution is 0.232. The van der Waals surface area contributed by atoms with E-state index in [-0.39, 0.29) is 0 Å². The monoisotopic (exact) mass is 262 g/mol. The van der Waals surface area contributed by atoms with Gasteiger partial charge in [-0.3, -0.25) is 0 Å². The van der Waals surface area contributed by atoms with Gasteiger partial charge in [-0.05, 0) is 53.5 Å². The first-order valence-electron chi connectivity index (χ1n) is 7.38. The number of benzene rings is 2. The molecule has 20 heavy (non-hydrogen) atoms. The van der Waals surface area contributed by atoms with Crippen molar-refractivity contribution < 1.29 is 4.74 Å². The first kappa shape index (κ1) is 11.8. The van der Waals surface area contributed by atoms with Crippen molar-refractivity contribution in [1.82, 2.24) is 0 Å². The van der Waals surface area contributed by atoms with Gasteiger partial charge in [0.2, 0.25) is 0 Å². The zero-order chi connectivity index (χ0) is 13.4. The summed E-state index contributed by atoms with van der Waals surface area (Å²) in [6, 6.07) is 15.5. The van der Waals surface area contributed by atoms with E-state index in [2.05, 4.69) is 48.5 Å². The van der Waals surface area contributed by atoms with Crippen molar-refractivity contribution in [2.75, 3.05) is 0 Å². The Hall–Kier alpha value is -2.02. The minimum Gasteiger partial charge on any atom is -0.496 e. The molecule has 0 aromatic heterocycles. The summed E-state index contributed by atoms with van der Waals surface area (Å²) in [6.45, 7) is 0.722. The van der Waals surface area contributed by atoms with E-state index in [1.807, 2.05) is 6.26 Å². The number of hydrogen-bond acceptors (Lipinski definition) is 1. The van der Waals surface area contributed by atoms with Crippen LogP contribution >= 0.6 is 0 Å². The van der Waals surface area contributed by atoms with Gasteiger partial charge in [-0.15, -0.1) is 0 Å². The molecular formula is C19H18O. The van der Waals surface area contributed by atoms with Gasteiger partial charge in [0.15, 0.2) is 0 Å². The normalized spacial score (nSPS) is 19.9. The van der Waals surface area contributed by atoms with E-state index >= 15 is 0 Å². The third-order valence-corrected chi connectivity index (χ3v) is 4.61. The van der Waals surface area contributed by atoms with E-state index in [0.717, 1.165) is 13.0 Å². The zero-order valence-corrected chi connectivity index (χ0v) is 11.5. The van der Waals surface area contributed by atoms with Gasteiger partial charge in [0.1, 0.15) is 6.61 Å². The summed E-state index contributed by atoms with van der Waals surface area (Å²) in [5.74, 6) is 0.634. The minimum atomic E-state index is 0.634. The molecule has 1 heterocycles. The van der Waals surface area contributed by atoms with Crippen LogP contribution in [0.2, 0.25) is 0 Å². The summed E-state index contributed by atoms with van der Waals surface area (Å²) < 4.78 is 5.52. The molecule has 1 unspecified atom stereocenters. The fourth-order valence-corrected chi connectivity index (χ4v) is 3.54. The number of rotatable bonds is 1. The zero-order valence-electron chi connectivity index (χ0n) is 11.5. The van der Waals surface area contributed by atoms with E-state index in [9.17, 15) is 0 Å². The molecule has 2 aliphatic rings. The second-order valence-electron chi connectivity index (χ2n) is 5.74. The summed E-state index contributed by atoms with van der Waals surface area (Å²) in [4.78, 5) is 0. The van der Waals surface area contributed by atoms with Gasteiger partial charge in [0, 0.05) is 5.56 Å². The average molecular weight is 262 g/mol.